The molecule has 4 aromatic carbocycles. The van der Waals surface area contributed by atoms with Crippen LogP contribution in [-0.2, 0) is 36.5 Å². The molecular formula is C40H43F4IrN2O2-. The van der Waals surface area contributed by atoms with E-state index in [1.54, 1.807) is 24.3 Å². The zero-order valence-electron chi connectivity index (χ0n) is 28.9. The number of benzene rings is 4. The second kappa shape index (κ2) is 16.4. The number of aromatic nitrogens is 2. The number of rotatable bonds is 8. The number of aliphatic hydroxyl groups excluding tert-OH is 1. The molecule has 0 bridgehead atoms. The van der Waals surface area contributed by atoms with E-state index in [4.69, 9.17) is 0 Å². The Morgan fingerprint density at radius 2 is 1.41 bits per heavy atom. The summed E-state index contributed by atoms with van der Waals surface area (Å²) in [5.41, 5.74) is 0.0408. The number of fused-ring (bicyclic) bond motifs is 3. The van der Waals surface area contributed by atoms with Gasteiger partial charge in [0, 0.05) is 54.5 Å². The van der Waals surface area contributed by atoms with Gasteiger partial charge in [0.1, 0.15) is 5.82 Å². The first-order valence-electron chi connectivity index (χ1n) is 16.5. The Bertz CT molecular complexity index is 1960. The fourth-order valence-corrected chi connectivity index (χ4v) is 6.08. The molecular weight excluding hydrogens is 809 g/mol. The van der Waals surface area contributed by atoms with Crippen molar-refractivity contribution < 1.29 is 47.6 Å². The third kappa shape index (κ3) is 8.74. The van der Waals surface area contributed by atoms with Crippen LogP contribution in [0.4, 0.5) is 17.6 Å². The molecule has 0 aliphatic carbocycles. The van der Waals surface area contributed by atoms with Gasteiger partial charge in [0.2, 0.25) is 0 Å². The first-order chi connectivity index (χ1) is 22.7. The van der Waals surface area contributed by atoms with E-state index in [2.05, 4.69) is 37.0 Å². The van der Waals surface area contributed by atoms with Crippen molar-refractivity contribution in [2.75, 3.05) is 0 Å². The summed E-state index contributed by atoms with van der Waals surface area (Å²) in [5.74, 6) is -0.408. The van der Waals surface area contributed by atoms with Gasteiger partial charge in [-0.15, -0.1) is 29.1 Å². The number of alkyl halides is 3. The van der Waals surface area contributed by atoms with Gasteiger partial charge in [-0.2, -0.15) is 23.4 Å². The first kappa shape index (κ1) is 39.8. The van der Waals surface area contributed by atoms with Crippen molar-refractivity contribution in [2.45, 2.75) is 85.7 Å². The Kier molecular flexibility index (Phi) is 13.3. The largest absolute Gasteiger partial charge is 0.512 e. The van der Waals surface area contributed by atoms with Crippen LogP contribution in [0.15, 0.2) is 72.5 Å². The fourth-order valence-electron chi connectivity index (χ4n) is 6.08. The monoisotopic (exact) mass is 852 g/mol. The molecule has 0 unspecified atom stereocenters. The van der Waals surface area contributed by atoms with Crippen molar-refractivity contribution in [3.63, 3.8) is 0 Å². The molecule has 1 radical (unpaired) electrons. The molecule has 1 N–H and O–H groups in total. The van der Waals surface area contributed by atoms with Gasteiger partial charge in [0.15, 0.2) is 11.5 Å². The van der Waals surface area contributed by atoms with Crippen LogP contribution in [0.5, 0.6) is 0 Å². The average Bonchev–Trinajstić information content (AvgIpc) is 3.04. The van der Waals surface area contributed by atoms with E-state index in [1.165, 1.54) is 12.1 Å². The predicted octanol–water partition coefficient (Wildman–Crippen LogP) is 11.7. The molecule has 0 fully saturated rings. The number of hydrogen-bond donors (Lipinski definition) is 1. The second-order valence-corrected chi connectivity index (χ2v) is 13.1. The van der Waals surface area contributed by atoms with Gasteiger partial charge >= 0.3 is 6.18 Å². The molecule has 49 heavy (non-hydrogen) atoms. The molecule has 0 saturated carbocycles. The van der Waals surface area contributed by atoms with Gasteiger partial charge < -0.3 is 5.11 Å². The number of nitrogens with zero attached hydrogens (tertiary/aromatic N) is 2. The Balaban J connectivity index is 0.000000347. The summed E-state index contributed by atoms with van der Waals surface area (Å²) >= 11 is 0. The molecule has 9 heteroatoms. The topological polar surface area (TPSA) is 63.1 Å². The van der Waals surface area contributed by atoms with Crippen LogP contribution in [0, 0.1) is 23.7 Å². The van der Waals surface area contributed by atoms with E-state index in [-0.39, 0.29) is 65.4 Å². The second-order valence-electron chi connectivity index (χ2n) is 13.1. The maximum atomic E-state index is 15.5. The third-order valence-electron chi connectivity index (χ3n) is 8.92. The number of allylic oxidation sites excluding steroid dienone is 2. The molecule has 0 saturated heterocycles. The van der Waals surface area contributed by atoms with Gasteiger partial charge in [0.25, 0.3) is 0 Å². The molecule has 0 aliphatic heterocycles. The van der Waals surface area contributed by atoms with E-state index >= 15 is 4.39 Å². The molecule has 0 atom stereocenters. The van der Waals surface area contributed by atoms with Gasteiger partial charge in [-0.1, -0.05) is 108 Å². The molecule has 5 aromatic rings. The van der Waals surface area contributed by atoms with E-state index in [9.17, 15) is 23.1 Å². The minimum atomic E-state index is -4.85. The molecule has 0 spiro atoms. The zero-order valence-corrected chi connectivity index (χ0v) is 31.3. The van der Waals surface area contributed by atoms with Crippen LogP contribution in [-0.4, -0.2) is 21.1 Å². The maximum absolute atomic E-state index is 15.5. The summed E-state index contributed by atoms with van der Waals surface area (Å²) in [6.45, 7) is 14.2. The molecule has 0 amide bonds. The zero-order chi connectivity index (χ0) is 35.4. The van der Waals surface area contributed by atoms with Gasteiger partial charge in [0.05, 0.1) is 5.76 Å². The van der Waals surface area contributed by atoms with Crippen LogP contribution in [0.25, 0.3) is 43.6 Å². The SMILES string of the molecule is CC(C)(C)c1cc(-c2nnc(C(F)(F)F)c3c(F)c4ccccc4cc23)[c-]c2ccccc12.CCC(CC)C(=O)/C=C(\O)C(CC)CC.[Ir]. The van der Waals surface area contributed by atoms with E-state index in [0.29, 0.717) is 10.9 Å². The molecule has 1 aromatic heterocycles. The quantitative estimate of drug-likeness (QED) is 0.0555. The standard InChI is InChI=1S/C27H19F4N2.C13H24O2.Ir/c1-26(2,3)21-14-17(12-15-8-4-6-10-18(15)21)24-20-13-16-9-5-7-11-19(16)23(28)22(20)25(33-32-24)27(29,30)31;1-5-10(6-2)12(14)9-13(15)11(7-3)8-4;/h4-11,13-14H,1-3H3;9-11,14H,5-8H2,1-4H3;/q-1;;/b;12-9-;. The molecule has 5 rings (SSSR count). The van der Waals surface area contributed by atoms with E-state index in [1.807, 2.05) is 58.0 Å². The average molecular weight is 852 g/mol. The van der Waals surface area contributed by atoms with E-state index in [0.717, 1.165) is 42.0 Å². The molecule has 4 nitrogen and oxygen atoms in total. The maximum Gasteiger partial charge on any atom is 0.435 e. The summed E-state index contributed by atoms with van der Waals surface area (Å²) in [5, 5.41) is 19.0. The smallest absolute Gasteiger partial charge is 0.435 e. The Hall–Kier alpha value is -3.68. The summed E-state index contributed by atoms with van der Waals surface area (Å²) in [4.78, 5) is 11.7. The van der Waals surface area contributed by atoms with Crippen LogP contribution < -0.4 is 0 Å². The van der Waals surface area contributed by atoms with Crippen molar-refractivity contribution in [3.05, 3.63) is 95.6 Å². The predicted molar refractivity (Wildman–Crippen MR) is 186 cm³/mol. The van der Waals surface area contributed by atoms with Crippen molar-refractivity contribution in [2.24, 2.45) is 11.8 Å². The Morgan fingerprint density at radius 1 is 0.837 bits per heavy atom. The van der Waals surface area contributed by atoms with Crippen LogP contribution >= 0.6 is 0 Å². The molecule has 263 valence electrons. The van der Waals surface area contributed by atoms with Gasteiger partial charge in [-0.3, -0.25) is 4.79 Å². The third-order valence-corrected chi connectivity index (χ3v) is 8.92. The van der Waals surface area contributed by atoms with Crippen molar-refractivity contribution in [1.29, 1.82) is 0 Å². The number of ketones is 1. The van der Waals surface area contributed by atoms with Crippen LogP contribution in [0.2, 0.25) is 0 Å². The summed E-state index contributed by atoms with van der Waals surface area (Å²) in [7, 11) is 0. The summed E-state index contributed by atoms with van der Waals surface area (Å²) in [6, 6.07) is 20.8. The minimum Gasteiger partial charge on any atom is -0.512 e. The van der Waals surface area contributed by atoms with Crippen molar-refractivity contribution in [1.82, 2.24) is 10.2 Å². The van der Waals surface area contributed by atoms with Gasteiger partial charge in [-0.25, -0.2) is 4.39 Å². The van der Waals surface area contributed by atoms with Crippen molar-refractivity contribution in [3.8, 4) is 11.3 Å². The number of hydrogen-bond acceptors (Lipinski definition) is 4. The van der Waals surface area contributed by atoms with E-state index < -0.39 is 23.1 Å². The number of halogens is 4. The number of carbonyl (C=O) groups is 1. The number of aliphatic hydroxyl groups is 1. The fraction of sp³-hybridized carbons (Fsp3) is 0.375. The van der Waals surface area contributed by atoms with Crippen LogP contribution in [0.3, 0.4) is 0 Å². The molecule has 1 heterocycles. The number of carbonyl (C=O) groups excluding carboxylic acids is 1. The molecule has 0 aliphatic rings. The van der Waals surface area contributed by atoms with Crippen molar-refractivity contribution >= 4 is 38.1 Å². The van der Waals surface area contributed by atoms with Gasteiger partial charge in [-0.05, 0) is 41.9 Å². The normalized spacial score (nSPS) is 12.4. The summed E-state index contributed by atoms with van der Waals surface area (Å²) < 4.78 is 56.8. The summed E-state index contributed by atoms with van der Waals surface area (Å²) in [6.07, 6.45) is 0.0558. The Morgan fingerprint density at radius 3 is 1.98 bits per heavy atom. The Labute approximate surface area is 299 Å². The minimum absolute atomic E-state index is 0. The first-order valence-corrected chi connectivity index (χ1v) is 16.5. The van der Waals surface area contributed by atoms with Crippen LogP contribution in [0.1, 0.15) is 85.4 Å².